The Morgan fingerprint density at radius 2 is 1.74 bits per heavy atom. The number of allylic oxidation sites excluding steroid dienone is 1. The third-order valence-electron chi connectivity index (χ3n) is 3.78. The quantitative estimate of drug-likeness (QED) is 0.573. The van der Waals surface area contributed by atoms with Crippen molar-refractivity contribution in [2.24, 2.45) is 0 Å². The fraction of sp³-hybridized carbons (Fsp3) is 0.250. The van der Waals surface area contributed by atoms with Crippen molar-refractivity contribution in [2.75, 3.05) is 14.2 Å². The Kier molecular flexibility index (Phi) is 5.58. The van der Waals surface area contributed by atoms with Gasteiger partial charge in [0.1, 0.15) is 11.5 Å². The molecular weight excluding hydrogens is 288 g/mol. The number of ketones is 1. The van der Waals surface area contributed by atoms with E-state index in [9.17, 15) is 4.79 Å². The van der Waals surface area contributed by atoms with Crippen LogP contribution in [0.15, 0.2) is 48.0 Å². The highest BCUT2D eigenvalue weighted by Gasteiger charge is 2.11. The fourth-order valence-electron chi connectivity index (χ4n) is 2.45. The number of methoxy groups -OCH3 is 2. The van der Waals surface area contributed by atoms with Crippen LogP contribution in [-0.4, -0.2) is 20.0 Å². The van der Waals surface area contributed by atoms with Crippen LogP contribution in [0, 0.1) is 6.92 Å². The molecule has 0 radical (unpaired) electrons. The number of hydrogen-bond acceptors (Lipinski definition) is 3. The summed E-state index contributed by atoms with van der Waals surface area (Å²) in [7, 11) is 3.27. The van der Waals surface area contributed by atoms with Crippen LogP contribution in [0.25, 0.3) is 6.08 Å². The highest BCUT2D eigenvalue weighted by atomic mass is 16.5. The van der Waals surface area contributed by atoms with Crippen LogP contribution >= 0.6 is 0 Å². The van der Waals surface area contributed by atoms with Crippen molar-refractivity contribution in [3.05, 3.63) is 64.7 Å². The molecule has 0 unspecified atom stereocenters. The molecule has 3 nitrogen and oxygen atoms in total. The molecule has 0 aromatic heterocycles. The van der Waals surface area contributed by atoms with Gasteiger partial charge in [-0.15, -0.1) is 0 Å². The zero-order chi connectivity index (χ0) is 16.8. The highest BCUT2D eigenvalue weighted by Crippen LogP contribution is 2.22. The number of carbonyl (C=O) groups excluding carboxylic acids is 1. The van der Waals surface area contributed by atoms with Gasteiger partial charge in [0, 0.05) is 11.1 Å². The first-order valence-corrected chi connectivity index (χ1v) is 7.63. The summed E-state index contributed by atoms with van der Waals surface area (Å²) in [5.41, 5.74) is 3.50. The first-order valence-electron chi connectivity index (χ1n) is 7.63. The van der Waals surface area contributed by atoms with Crippen LogP contribution in [0.4, 0.5) is 0 Å². The molecule has 2 rings (SSSR count). The maximum atomic E-state index is 12.7. The lowest BCUT2D eigenvalue weighted by Crippen LogP contribution is -2.03. The van der Waals surface area contributed by atoms with Gasteiger partial charge in [-0.05, 0) is 66.9 Å². The van der Waals surface area contributed by atoms with Gasteiger partial charge in [0.2, 0.25) is 0 Å². The van der Waals surface area contributed by atoms with E-state index in [0.29, 0.717) is 12.0 Å². The van der Waals surface area contributed by atoms with Crippen LogP contribution in [0.1, 0.15) is 34.8 Å². The second kappa shape index (κ2) is 7.63. The lowest BCUT2D eigenvalue weighted by Gasteiger charge is -2.08. The predicted octanol–water partition coefficient (Wildman–Crippen LogP) is 4.69. The van der Waals surface area contributed by atoms with E-state index in [-0.39, 0.29) is 5.78 Å². The standard InChI is InChI=1S/C20H22O3/c1-5-16(13-15-6-11-19(23-4)14(2)12-15)20(21)17-7-9-18(22-3)10-8-17/h6-13H,5H2,1-4H3/b16-13+. The van der Waals surface area contributed by atoms with E-state index in [4.69, 9.17) is 9.47 Å². The monoisotopic (exact) mass is 310 g/mol. The summed E-state index contributed by atoms with van der Waals surface area (Å²) in [6.07, 6.45) is 2.62. The molecule has 23 heavy (non-hydrogen) atoms. The van der Waals surface area contributed by atoms with Crippen molar-refractivity contribution in [1.29, 1.82) is 0 Å². The molecule has 3 heteroatoms. The number of ether oxygens (including phenoxy) is 2. The van der Waals surface area contributed by atoms with Crippen LogP contribution < -0.4 is 9.47 Å². The zero-order valence-corrected chi connectivity index (χ0v) is 14.1. The summed E-state index contributed by atoms with van der Waals surface area (Å²) in [6, 6.07) is 13.1. The smallest absolute Gasteiger partial charge is 0.189 e. The number of Topliss-reactive ketones (excluding diaryl/α,β-unsaturated/α-hetero) is 1. The summed E-state index contributed by atoms with van der Waals surface area (Å²) >= 11 is 0. The van der Waals surface area contributed by atoms with Gasteiger partial charge < -0.3 is 9.47 Å². The summed E-state index contributed by atoms with van der Waals surface area (Å²) in [6.45, 7) is 3.98. The van der Waals surface area contributed by atoms with Crippen molar-refractivity contribution in [1.82, 2.24) is 0 Å². The van der Waals surface area contributed by atoms with Gasteiger partial charge in [0.25, 0.3) is 0 Å². The summed E-state index contributed by atoms with van der Waals surface area (Å²) in [5, 5.41) is 0. The topological polar surface area (TPSA) is 35.5 Å². The van der Waals surface area contributed by atoms with E-state index < -0.39 is 0 Å². The molecule has 0 bridgehead atoms. The van der Waals surface area contributed by atoms with Crippen molar-refractivity contribution >= 4 is 11.9 Å². The molecule has 2 aromatic carbocycles. The van der Waals surface area contributed by atoms with Crippen LogP contribution in [0.3, 0.4) is 0 Å². The minimum Gasteiger partial charge on any atom is -0.497 e. The predicted molar refractivity (Wildman–Crippen MR) is 93.3 cm³/mol. The first-order chi connectivity index (χ1) is 11.1. The molecule has 0 N–H and O–H groups in total. The summed E-state index contributed by atoms with van der Waals surface area (Å²) in [4.78, 5) is 12.7. The van der Waals surface area contributed by atoms with Crippen LogP contribution in [0.5, 0.6) is 11.5 Å². The second-order valence-corrected chi connectivity index (χ2v) is 5.31. The molecule has 0 aliphatic rings. The third-order valence-corrected chi connectivity index (χ3v) is 3.78. The van der Waals surface area contributed by atoms with Gasteiger partial charge >= 0.3 is 0 Å². The number of carbonyl (C=O) groups is 1. The van der Waals surface area contributed by atoms with Crippen LogP contribution in [0.2, 0.25) is 0 Å². The van der Waals surface area contributed by atoms with Gasteiger partial charge in [-0.1, -0.05) is 13.0 Å². The molecule has 0 aliphatic carbocycles. The highest BCUT2D eigenvalue weighted by molar-refractivity contribution is 6.11. The minimum atomic E-state index is 0.0450. The molecule has 2 aromatic rings. The van der Waals surface area contributed by atoms with Crippen molar-refractivity contribution in [3.8, 4) is 11.5 Å². The Morgan fingerprint density at radius 3 is 2.26 bits per heavy atom. The molecule has 0 amide bonds. The maximum absolute atomic E-state index is 12.7. The molecule has 120 valence electrons. The molecule has 0 saturated carbocycles. The average molecular weight is 310 g/mol. The Bertz CT molecular complexity index is 712. The Labute approximate surface area is 137 Å². The molecule has 0 fully saturated rings. The van der Waals surface area contributed by atoms with E-state index in [2.05, 4.69) is 0 Å². The Hall–Kier alpha value is -2.55. The van der Waals surface area contributed by atoms with E-state index >= 15 is 0 Å². The van der Waals surface area contributed by atoms with Gasteiger partial charge in [0.05, 0.1) is 14.2 Å². The largest absolute Gasteiger partial charge is 0.497 e. The number of hydrogen-bond donors (Lipinski definition) is 0. The van der Waals surface area contributed by atoms with E-state index in [1.807, 2.05) is 38.1 Å². The molecule has 0 heterocycles. The molecule has 0 atom stereocenters. The van der Waals surface area contributed by atoms with Gasteiger partial charge in [0.15, 0.2) is 5.78 Å². The van der Waals surface area contributed by atoms with E-state index in [0.717, 1.165) is 28.2 Å². The van der Waals surface area contributed by atoms with E-state index in [1.165, 1.54) is 0 Å². The van der Waals surface area contributed by atoms with E-state index in [1.54, 1.807) is 38.5 Å². The minimum absolute atomic E-state index is 0.0450. The maximum Gasteiger partial charge on any atom is 0.189 e. The lowest BCUT2D eigenvalue weighted by molar-refractivity contribution is 0.103. The van der Waals surface area contributed by atoms with Gasteiger partial charge in [-0.2, -0.15) is 0 Å². The first kappa shape index (κ1) is 16.8. The number of benzene rings is 2. The van der Waals surface area contributed by atoms with Crippen molar-refractivity contribution < 1.29 is 14.3 Å². The molecule has 0 aliphatic heterocycles. The molecular formula is C20H22O3. The molecule has 0 saturated heterocycles. The fourth-order valence-corrected chi connectivity index (χ4v) is 2.45. The normalized spacial score (nSPS) is 11.2. The summed E-state index contributed by atoms with van der Waals surface area (Å²) < 4.78 is 10.4. The number of rotatable bonds is 6. The SMILES string of the molecule is CC/C(=C\c1ccc(OC)c(C)c1)C(=O)c1ccc(OC)cc1. The Balaban J connectivity index is 2.30. The van der Waals surface area contributed by atoms with Crippen molar-refractivity contribution in [3.63, 3.8) is 0 Å². The molecule has 0 spiro atoms. The zero-order valence-electron chi connectivity index (χ0n) is 14.1. The lowest BCUT2D eigenvalue weighted by atomic mass is 9.98. The van der Waals surface area contributed by atoms with Gasteiger partial charge in [-0.25, -0.2) is 0 Å². The van der Waals surface area contributed by atoms with Crippen molar-refractivity contribution in [2.45, 2.75) is 20.3 Å². The Morgan fingerprint density at radius 1 is 1.04 bits per heavy atom. The average Bonchev–Trinajstić information content (AvgIpc) is 2.59. The summed E-state index contributed by atoms with van der Waals surface area (Å²) in [5.74, 6) is 1.64. The second-order valence-electron chi connectivity index (χ2n) is 5.31. The third kappa shape index (κ3) is 4.01. The van der Waals surface area contributed by atoms with Gasteiger partial charge in [-0.3, -0.25) is 4.79 Å². The number of aryl methyl sites for hydroxylation is 1. The van der Waals surface area contributed by atoms with Crippen LogP contribution in [-0.2, 0) is 0 Å².